The Bertz CT molecular complexity index is 906. The molecule has 0 aliphatic carbocycles. The van der Waals surface area contributed by atoms with Crippen molar-refractivity contribution in [3.63, 3.8) is 0 Å². The highest BCUT2D eigenvalue weighted by molar-refractivity contribution is 5.97. The summed E-state index contributed by atoms with van der Waals surface area (Å²) in [5.41, 5.74) is 0.978. The van der Waals surface area contributed by atoms with Gasteiger partial charge in [0.1, 0.15) is 5.82 Å². The van der Waals surface area contributed by atoms with Gasteiger partial charge in [0.15, 0.2) is 11.5 Å². The molecule has 0 spiro atoms. The van der Waals surface area contributed by atoms with Gasteiger partial charge in [-0.2, -0.15) is 8.78 Å². The largest absolute Gasteiger partial charge is 0.493 e. The first-order valence-corrected chi connectivity index (χ1v) is 9.35. The molecular weight excluding hydrogens is 401 g/mol. The van der Waals surface area contributed by atoms with E-state index in [1.165, 1.54) is 37.4 Å². The summed E-state index contributed by atoms with van der Waals surface area (Å²) in [6, 6.07) is 9.61. The number of carbonyl (C=O) groups excluding carboxylic acids is 2. The number of ether oxygens (including phenoxy) is 2. The van der Waals surface area contributed by atoms with Crippen LogP contribution in [0.4, 0.5) is 13.2 Å². The van der Waals surface area contributed by atoms with Crippen LogP contribution in [0.1, 0.15) is 34.8 Å². The molecule has 0 aromatic heterocycles. The van der Waals surface area contributed by atoms with Crippen LogP contribution < -0.4 is 14.8 Å². The van der Waals surface area contributed by atoms with E-state index in [2.05, 4.69) is 10.1 Å². The van der Waals surface area contributed by atoms with Crippen LogP contribution in [0, 0.1) is 5.82 Å². The van der Waals surface area contributed by atoms with Gasteiger partial charge in [-0.05, 0) is 48.7 Å². The van der Waals surface area contributed by atoms with Crippen LogP contribution in [0.5, 0.6) is 11.5 Å². The van der Waals surface area contributed by atoms with E-state index in [1.807, 2.05) is 0 Å². The lowest BCUT2D eigenvalue weighted by atomic mass is 10.0. The number of hydrogen-bond donors (Lipinski definition) is 1. The summed E-state index contributed by atoms with van der Waals surface area (Å²) in [5.74, 6) is -1.38. The van der Waals surface area contributed by atoms with Crippen LogP contribution in [0.3, 0.4) is 0 Å². The van der Waals surface area contributed by atoms with E-state index in [1.54, 1.807) is 17.0 Å². The predicted molar refractivity (Wildman–Crippen MR) is 102 cm³/mol. The summed E-state index contributed by atoms with van der Waals surface area (Å²) < 4.78 is 47.3. The van der Waals surface area contributed by atoms with Crippen LogP contribution >= 0.6 is 0 Å². The number of amides is 2. The molecule has 1 saturated heterocycles. The van der Waals surface area contributed by atoms with Gasteiger partial charge in [0.2, 0.25) is 5.91 Å². The number of nitrogens with zero attached hydrogens (tertiary/aromatic N) is 1. The molecule has 1 atom stereocenters. The van der Waals surface area contributed by atoms with Gasteiger partial charge in [-0.3, -0.25) is 9.59 Å². The lowest BCUT2D eigenvalue weighted by Crippen LogP contribution is -2.39. The van der Waals surface area contributed by atoms with Crippen molar-refractivity contribution in [3.8, 4) is 11.5 Å². The average Bonchev–Trinajstić information content (AvgIpc) is 3.22. The Balaban J connectivity index is 1.62. The first-order chi connectivity index (χ1) is 14.4. The van der Waals surface area contributed by atoms with Gasteiger partial charge in [-0.25, -0.2) is 4.39 Å². The highest BCUT2D eigenvalue weighted by Gasteiger charge is 2.30. The Kier molecular flexibility index (Phi) is 6.81. The molecule has 2 aromatic rings. The minimum absolute atomic E-state index is 0.0230. The Hall–Kier alpha value is -3.23. The summed E-state index contributed by atoms with van der Waals surface area (Å²) in [7, 11) is 1.27. The molecule has 0 saturated carbocycles. The molecule has 6 nitrogen and oxygen atoms in total. The molecule has 1 heterocycles. The molecule has 2 amide bonds. The normalized spacial score (nSPS) is 15.9. The minimum atomic E-state index is -3.02. The van der Waals surface area contributed by atoms with E-state index < -0.39 is 12.5 Å². The highest BCUT2D eigenvalue weighted by atomic mass is 19.3. The molecular formula is C21H21F3N2O4. The number of alkyl halides is 2. The zero-order chi connectivity index (χ0) is 21.7. The summed E-state index contributed by atoms with van der Waals surface area (Å²) >= 11 is 0. The third-order valence-corrected chi connectivity index (χ3v) is 4.87. The maximum absolute atomic E-state index is 13.2. The van der Waals surface area contributed by atoms with Crippen LogP contribution in [-0.4, -0.2) is 43.5 Å². The standard InChI is InChI=1S/C21H21F3N2O4/c1-29-18-11-14(6-9-17(18)30-21(23)24)20(28)25-12-19(27)26-10-2-3-16(26)13-4-7-15(22)8-5-13/h4-9,11,16,21H,2-3,10,12H2,1H3,(H,25,28). The molecule has 30 heavy (non-hydrogen) atoms. The quantitative estimate of drug-likeness (QED) is 0.741. The van der Waals surface area contributed by atoms with E-state index >= 15 is 0 Å². The summed E-state index contributed by atoms with van der Waals surface area (Å²) in [4.78, 5) is 26.7. The second kappa shape index (κ2) is 9.51. The van der Waals surface area contributed by atoms with Crippen molar-refractivity contribution in [3.05, 3.63) is 59.4 Å². The topological polar surface area (TPSA) is 67.9 Å². The molecule has 0 bridgehead atoms. The number of nitrogens with one attached hydrogen (secondary N) is 1. The summed E-state index contributed by atoms with van der Waals surface area (Å²) in [6.45, 7) is -2.70. The third-order valence-electron chi connectivity index (χ3n) is 4.87. The highest BCUT2D eigenvalue weighted by Crippen LogP contribution is 2.32. The summed E-state index contributed by atoms with van der Waals surface area (Å²) in [6.07, 6.45) is 1.57. The van der Waals surface area contributed by atoms with Gasteiger partial charge in [-0.1, -0.05) is 12.1 Å². The fourth-order valence-electron chi connectivity index (χ4n) is 3.46. The Morgan fingerprint density at radius 3 is 2.57 bits per heavy atom. The van der Waals surface area contributed by atoms with Gasteiger partial charge >= 0.3 is 6.61 Å². The second-order valence-electron chi connectivity index (χ2n) is 6.72. The van der Waals surface area contributed by atoms with Crippen molar-refractivity contribution in [1.82, 2.24) is 10.2 Å². The van der Waals surface area contributed by atoms with Gasteiger partial charge in [-0.15, -0.1) is 0 Å². The van der Waals surface area contributed by atoms with Gasteiger partial charge in [0.25, 0.3) is 5.91 Å². The van der Waals surface area contributed by atoms with Crippen LogP contribution in [-0.2, 0) is 4.79 Å². The van der Waals surface area contributed by atoms with Crippen LogP contribution in [0.15, 0.2) is 42.5 Å². The number of methoxy groups -OCH3 is 1. The molecule has 3 rings (SSSR count). The lowest BCUT2D eigenvalue weighted by molar-refractivity contribution is -0.131. The fourth-order valence-corrected chi connectivity index (χ4v) is 3.46. The predicted octanol–water partition coefficient (Wildman–Crippen LogP) is 3.53. The number of benzene rings is 2. The van der Waals surface area contributed by atoms with E-state index in [-0.39, 0.29) is 41.4 Å². The number of likely N-dealkylation sites (tertiary alicyclic amines) is 1. The fraction of sp³-hybridized carbons (Fsp3) is 0.333. The van der Waals surface area contributed by atoms with E-state index in [0.717, 1.165) is 18.4 Å². The molecule has 1 N–H and O–H groups in total. The van der Waals surface area contributed by atoms with Crippen molar-refractivity contribution in [2.45, 2.75) is 25.5 Å². The molecule has 1 aliphatic rings. The Morgan fingerprint density at radius 1 is 1.17 bits per heavy atom. The SMILES string of the molecule is COc1cc(C(=O)NCC(=O)N2CCCC2c2ccc(F)cc2)ccc1OC(F)F. The number of hydrogen-bond acceptors (Lipinski definition) is 4. The summed E-state index contributed by atoms with van der Waals surface area (Å²) in [5, 5.41) is 2.53. The average molecular weight is 422 g/mol. The molecule has 1 aliphatic heterocycles. The Labute approximate surface area is 171 Å². The smallest absolute Gasteiger partial charge is 0.387 e. The zero-order valence-corrected chi connectivity index (χ0v) is 16.2. The van der Waals surface area contributed by atoms with E-state index in [4.69, 9.17) is 4.74 Å². The van der Waals surface area contributed by atoms with Crippen molar-refractivity contribution in [2.24, 2.45) is 0 Å². The first-order valence-electron chi connectivity index (χ1n) is 9.35. The minimum Gasteiger partial charge on any atom is -0.493 e. The van der Waals surface area contributed by atoms with Gasteiger partial charge < -0.3 is 19.7 Å². The number of halogens is 3. The molecule has 9 heteroatoms. The van der Waals surface area contributed by atoms with Crippen molar-refractivity contribution in [2.75, 3.05) is 20.2 Å². The molecule has 160 valence electrons. The zero-order valence-electron chi connectivity index (χ0n) is 16.2. The molecule has 0 radical (unpaired) electrons. The third kappa shape index (κ3) is 5.03. The Morgan fingerprint density at radius 2 is 1.90 bits per heavy atom. The molecule has 1 unspecified atom stereocenters. The van der Waals surface area contributed by atoms with E-state index in [9.17, 15) is 22.8 Å². The first kappa shape index (κ1) is 21.5. The van der Waals surface area contributed by atoms with Crippen LogP contribution in [0.25, 0.3) is 0 Å². The van der Waals surface area contributed by atoms with Gasteiger partial charge in [0.05, 0.1) is 19.7 Å². The van der Waals surface area contributed by atoms with Crippen molar-refractivity contribution < 1.29 is 32.2 Å². The van der Waals surface area contributed by atoms with Crippen LogP contribution in [0.2, 0.25) is 0 Å². The van der Waals surface area contributed by atoms with Gasteiger partial charge in [0, 0.05) is 12.1 Å². The second-order valence-corrected chi connectivity index (χ2v) is 6.72. The molecule has 1 fully saturated rings. The van der Waals surface area contributed by atoms with Crippen molar-refractivity contribution in [1.29, 1.82) is 0 Å². The van der Waals surface area contributed by atoms with Crippen molar-refractivity contribution >= 4 is 11.8 Å². The number of carbonyl (C=O) groups is 2. The van der Waals surface area contributed by atoms with E-state index in [0.29, 0.717) is 6.54 Å². The maximum atomic E-state index is 13.2. The molecule has 2 aromatic carbocycles. The number of rotatable bonds is 7. The lowest BCUT2D eigenvalue weighted by Gasteiger charge is -2.25. The maximum Gasteiger partial charge on any atom is 0.387 e. The monoisotopic (exact) mass is 422 g/mol.